The van der Waals surface area contributed by atoms with Gasteiger partial charge in [-0.25, -0.2) is 22.9 Å². The summed E-state index contributed by atoms with van der Waals surface area (Å²) in [7, 11) is -2.16. The van der Waals surface area contributed by atoms with Crippen LogP contribution in [0.3, 0.4) is 0 Å². The fraction of sp³-hybridized carbons (Fsp3) is 0.312. The SMILES string of the molecule is Cc1cnc2c(ccn2-c2c(CCS(=O)(=O)NC(=O)O)c(C)nn2C)c1. The van der Waals surface area contributed by atoms with Gasteiger partial charge in [0.05, 0.1) is 11.4 Å². The number of nitrogens with one attached hydrogen (secondary N) is 1. The van der Waals surface area contributed by atoms with Crippen LogP contribution in [0.25, 0.3) is 16.9 Å². The number of sulfonamides is 1. The Labute approximate surface area is 150 Å². The summed E-state index contributed by atoms with van der Waals surface area (Å²) in [5.74, 6) is 0.351. The Hall–Kier alpha value is -2.88. The van der Waals surface area contributed by atoms with Crippen LogP contribution in [0.5, 0.6) is 0 Å². The van der Waals surface area contributed by atoms with Crippen molar-refractivity contribution in [2.24, 2.45) is 7.05 Å². The van der Waals surface area contributed by atoms with Gasteiger partial charge in [0.1, 0.15) is 11.5 Å². The van der Waals surface area contributed by atoms with Gasteiger partial charge < -0.3 is 5.11 Å². The molecule has 0 aliphatic heterocycles. The minimum atomic E-state index is -3.93. The third kappa shape index (κ3) is 3.40. The summed E-state index contributed by atoms with van der Waals surface area (Å²) >= 11 is 0. The Morgan fingerprint density at radius 2 is 2.08 bits per heavy atom. The van der Waals surface area contributed by atoms with E-state index in [0.717, 1.165) is 22.2 Å². The Kier molecular flexibility index (Phi) is 4.45. The maximum atomic E-state index is 11.8. The maximum Gasteiger partial charge on any atom is 0.418 e. The average Bonchev–Trinajstić information content (AvgIpc) is 3.03. The first kappa shape index (κ1) is 17.9. The van der Waals surface area contributed by atoms with Crippen LogP contribution in [-0.2, 0) is 23.5 Å². The van der Waals surface area contributed by atoms with Gasteiger partial charge in [0.15, 0.2) is 0 Å². The van der Waals surface area contributed by atoms with E-state index < -0.39 is 16.1 Å². The molecule has 26 heavy (non-hydrogen) atoms. The molecule has 0 radical (unpaired) electrons. The van der Waals surface area contributed by atoms with Gasteiger partial charge in [0.2, 0.25) is 10.0 Å². The molecule has 138 valence electrons. The molecule has 10 heteroatoms. The molecule has 0 atom stereocenters. The second-order valence-electron chi connectivity index (χ2n) is 6.10. The Morgan fingerprint density at radius 1 is 1.35 bits per heavy atom. The van der Waals surface area contributed by atoms with Crippen LogP contribution in [0.2, 0.25) is 0 Å². The van der Waals surface area contributed by atoms with Gasteiger partial charge in [0, 0.05) is 30.4 Å². The lowest BCUT2D eigenvalue weighted by Crippen LogP contribution is -2.31. The molecule has 3 aromatic heterocycles. The Balaban J connectivity index is 2.02. The molecule has 9 nitrogen and oxygen atoms in total. The average molecular weight is 377 g/mol. The summed E-state index contributed by atoms with van der Waals surface area (Å²) in [6.45, 7) is 3.75. The fourth-order valence-electron chi connectivity index (χ4n) is 3.01. The van der Waals surface area contributed by atoms with Crippen LogP contribution < -0.4 is 4.72 Å². The van der Waals surface area contributed by atoms with Crippen molar-refractivity contribution in [3.63, 3.8) is 0 Å². The van der Waals surface area contributed by atoms with E-state index in [2.05, 4.69) is 10.1 Å². The van der Waals surface area contributed by atoms with Gasteiger partial charge >= 0.3 is 6.09 Å². The molecule has 2 N–H and O–H groups in total. The Morgan fingerprint density at radius 3 is 2.77 bits per heavy atom. The monoisotopic (exact) mass is 377 g/mol. The number of hydrogen-bond donors (Lipinski definition) is 2. The highest BCUT2D eigenvalue weighted by Gasteiger charge is 2.21. The zero-order chi connectivity index (χ0) is 19.1. The second-order valence-corrected chi connectivity index (χ2v) is 7.94. The minimum absolute atomic E-state index is 0.128. The molecule has 0 spiro atoms. The highest BCUT2D eigenvalue weighted by atomic mass is 32.2. The van der Waals surface area contributed by atoms with Gasteiger partial charge in [-0.1, -0.05) is 0 Å². The summed E-state index contributed by atoms with van der Waals surface area (Å²) in [6, 6.07) is 3.95. The quantitative estimate of drug-likeness (QED) is 0.696. The molecule has 0 aliphatic rings. The number of hydrogen-bond acceptors (Lipinski definition) is 5. The van der Waals surface area contributed by atoms with Crippen molar-refractivity contribution in [3.05, 3.63) is 41.3 Å². The molecule has 3 heterocycles. The Bertz CT molecular complexity index is 1100. The molecular formula is C16H19N5O4S. The first-order valence-corrected chi connectivity index (χ1v) is 9.53. The van der Waals surface area contributed by atoms with E-state index in [4.69, 9.17) is 5.11 Å². The second kappa shape index (κ2) is 6.45. The normalized spacial score (nSPS) is 11.8. The fourth-order valence-corrected chi connectivity index (χ4v) is 3.85. The first-order valence-electron chi connectivity index (χ1n) is 7.88. The number of carboxylic acid groups (broad SMARTS) is 1. The number of carbonyl (C=O) groups is 1. The number of fused-ring (bicyclic) bond motifs is 1. The maximum absolute atomic E-state index is 11.8. The lowest BCUT2D eigenvalue weighted by atomic mass is 10.2. The van der Waals surface area contributed by atoms with E-state index in [0.29, 0.717) is 11.5 Å². The largest absolute Gasteiger partial charge is 0.464 e. The molecule has 0 fully saturated rings. The van der Waals surface area contributed by atoms with Crippen molar-refractivity contribution in [1.82, 2.24) is 24.1 Å². The minimum Gasteiger partial charge on any atom is -0.464 e. The van der Waals surface area contributed by atoms with E-state index in [-0.39, 0.29) is 12.2 Å². The van der Waals surface area contributed by atoms with Crippen LogP contribution in [0.1, 0.15) is 16.8 Å². The van der Waals surface area contributed by atoms with Crippen molar-refractivity contribution < 1.29 is 18.3 Å². The van der Waals surface area contributed by atoms with E-state index in [9.17, 15) is 13.2 Å². The lowest BCUT2D eigenvalue weighted by molar-refractivity contribution is 0.201. The molecule has 0 unspecified atom stereocenters. The molecule has 3 rings (SSSR count). The van der Waals surface area contributed by atoms with E-state index in [1.807, 2.05) is 29.8 Å². The number of pyridine rings is 1. The summed E-state index contributed by atoms with van der Waals surface area (Å²) in [5.41, 5.74) is 3.19. The summed E-state index contributed by atoms with van der Waals surface area (Å²) < 4.78 is 28.8. The van der Waals surface area contributed by atoms with Gasteiger partial charge in [-0.2, -0.15) is 5.10 Å². The van der Waals surface area contributed by atoms with Gasteiger partial charge in [0.25, 0.3) is 0 Å². The zero-order valence-corrected chi connectivity index (χ0v) is 15.4. The molecular weight excluding hydrogens is 358 g/mol. The highest BCUT2D eigenvalue weighted by molar-refractivity contribution is 7.90. The number of aromatic nitrogens is 4. The predicted octanol–water partition coefficient (Wildman–Crippen LogP) is 1.52. The predicted molar refractivity (Wildman–Crippen MR) is 96.0 cm³/mol. The number of aryl methyl sites for hydroxylation is 3. The smallest absolute Gasteiger partial charge is 0.418 e. The van der Waals surface area contributed by atoms with E-state index >= 15 is 0 Å². The lowest BCUT2D eigenvalue weighted by Gasteiger charge is -2.10. The number of amides is 1. The van der Waals surface area contributed by atoms with Crippen LogP contribution in [0.15, 0.2) is 24.5 Å². The summed E-state index contributed by atoms with van der Waals surface area (Å²) in [5, 5.41) is 14.0. The van der Waals surface area contributed by atoms with Crippen LogP contribution in [0, 0.1) is 13.8 Å². The van der Waals surface area contributed by atoms with Crippen molar-refractivity contribution in [3.8, 4) is 5.82 Å². The molecule has 0 bridgehead atoms. The van der Waals surface area contributed by atoms with E-state index in [1.165, 1.54) is 0 Å². The molecule has 1 amide bonds. The third-order valence-corrected chi connectivity index (χ3v) is 5.30. The van der Waals surface area contributed by atoms with Crippen molar-refractivity contribution >= 4 is 27.1 Å². The van der Waals surface area contributed by atoms with Gasteiger partial charge in [-0.15, -0.1) is 0 Å². The summed E-state index contributed by atoms with van der Waals surface area (Å²) in [4.78, 5) is 15.1. The third-order valence-electron chi connectivity index (χ3n) is 4.07. The molecule has 0 saturated heterocycles. The van der Waals surface area contributed by atoms with Gasteiger partial charge in [-0.05, 0) is 38.0 Å². The van der Waals surface area contributed by atoms with Crippen LogP contribution in [-0.4, -0.2) is 44.7 Å². The molecule has 0 aliphatic carbocycles. The van der Waals surface area contributed by atoms with Gasteiger partial charge in [-0.3, -0.25) is 9.25 Å². The topological polar surface area (TPSA) is 119 Å². The van der Waals surface area contributed by atoms with Crippen LogP contribution >= 0.6 is 0 Å². The molecule has 0 aromatic carbocycles. The zero-order valence-electron chi connectivity index (χ0n) is 14.6. The number of rotatable bonds is 5. The van der Waals surface area contributed by atoms with Crippen molar-refractivity contribution in [2.75, 3.05) is 5.75 Å². The standard InChI is InChI=1S/C16H19N5O4S/c1-10-8-12-4-6-21(14(12)17-9-10)15-13(11(2)18-20(15)3)5-7-26(24,25)19-16(22)23/h4,6,8-9,19H,5,7H2,1-3H3,(H,22,23). The molecule has 3 aromatic rings. The summed E-state index contributed by atoms with van der Waals surface area (Å²) in [6.07, 6.45) is 2.16. The van der Waals surface area contributed by atoms with Crippen molar-refractivity contribution in [1.29, 1.82) is 0 Å². The van der Waals surface area contributed by atoms with Crippen LogP contribution in [0.4, 0.5) is 4.79 Å². The molecule has 0 saturated carbocycles. The highest BCUT2D eigenvalue weighted by Crippen LogP contribution is 2.24. The first-order chi connectivity index (χ1) is 12.2. The van der Waals surface area contributed by atoms with Crippen molar-refractivity contribution in [2.45, 2.75) is 20.3 Å². The van der Waals surface area contributed by atoms with E-state index in [1.54, 1.807) is 29.6 Å². The number of nitrogens with zero attached hydrogens (tertiary/aromatic N) is 4.